The van der Waals surface area contributed by atoms with E-state index in [4.69, 9.17) is 14.2 Å². The summed E-state index contributed by atoms with van der Waals surface area (Å²) < 4.78 is 15.3. The summed E-state index contributed by atoms with van der Waals surface area (Å²) in [4.78, 5) is 24.2. The van der Waals surface area contributed by atoms with Crippen molar-refractivity contribution in [2.75, 3.05) is 39.7 Å². The van der Waals surface area contributed by atoms with Gasteiger partial charge in [-0.25, -0.2) is 4.79 Å². The van der Waals surface area contributed by atoms with Gasteiger partial charge in [-0.15, -0.1) is 0 Å². The van der Waals surface area contributed by atoms with Crippen LogP contribution in [0.2, 0.25) is 0 Å². The highest BCUT2D eigenvalue weighted by Gasteiger charge is 2.24. The first-order chi connectivity index (χ1) is 11.1. The van der Waals surface area contributed by atoms with Crippen LogP contribution in [0.4, 0.5) is 5.69 Å². The number of carbonyl (C=O) groups excluding carboxylic acids is 2. The molecule has 2 rings (SSSR count). The zero-order valence-corrected chi connectivity index (χ0v) is 13.6. The number of amides is 1. The Bertz CT molecular complexity index is 582. The summed E-state index contributed by atoms with van der Waals surface area (Å²) >= 11 is 0. The van der Waals surface area contributed by atoms with E-state index in [1.54, 1.807) is 0 Å². The molecule has 1 aromatic carbocycles. The Balaban J connectivity index is 2.30. The van der Waals surface area contributed by atoms with Gasteiger partial charge in [-0.3, -0.25) is 4.79 Å². The lowest BCUT2D eigenvalue weighted by molar-refractivity contribution is -0.120. The largest absolute Gasteiger partial charge is 0.493 e. The van der Waals surface area contributed by atoms with Crippen LogP contribution in [-0.2, 0) is 9.53 Å². The van der Waals surface area contributed by atoms with Crippen LogP contribution in [0.3, 0.4) is 0 Å². The number of ether oxygens (including phenoxy) is 3. The van der Waals surface area contributed by atoms with Crippen molar-refractivity contribution in [2.24, 2.45) is 5.92 Å². The fraction of sp³-hybridized carbons (Fsp3) is 0.500. The second kappa shape index (κ2) is 7.82. The number of piperidine rings is 1. The average Bonchev–Trinajstić information content (AvgIpc) is 2.60. The number of esters is 1. The van der Waals surface area contributed by atoms with Crippen LogP contribution >= 0.6 is 0 Å². The number of nitrogens with one attached hydrogen (secondary N) is 2. The molecule has 1 aliphatic heterocycles. The molecule has 126 valence electrons. The van der Waals surface area contributed by atoms with Crippen LogP contribution in [0, 0.1) is 5.92 Å². The van der Waals surface area contributed by atoms with E-state index in [0.29, 0.717) is 23.7 Å². The maximum Gasteiger partial charge on any atom is 0.338 e. The molecule has 0 spiro atoms. The van der Waals surface area contributed by atoms with Crippen LogP contribution in [0.15, 0.2) is 12.1 Å². The van der Waals surface area contributed by atoms with Crippen molar-refractivity contribution in [3.05, 3.63) is 17.7 Å². The molecule has 1 amide bonds. The molecule has 23 heavy (non-hydrogen) atoms. The Morgan fingerprint density at radius 2 is 2.00 bits per heavy atom. The first kappa shape index (κ1) is 17.1. The number of methoxy groups -OCH3 is 3. The standard InChI is InChI=1S/C16H22N2O5/c1-21-13-8-11(16(20)23-3)7-12(14(13)22-2)18-15(19)10-5-4-6-17-9-10/h7-8,10,17H,4-6,9H2,1-3H3,(H,18,19). The van der Waals surface area contributed by atoms with E-state index < -0.39 is 5.97 Å². The molecule has 0 saturated carbocycles. The van der Waals surface area contributed by atoms with Crippen LogP contribution in [0.5, 0.6) is 11.5 Å². The molecule has 1 aromatic rings. The fourth-order valence-corrected chi connectivity index (χ4v) is 2.60. The topological polar surface area (TPSA) is 85.9 Å². The lowest BCUT2D eigenvalue weighted by atomic mass is 9.98. The zero-order valence-electron chi connectivity index (χ0n) is 13.6. The molecule has 7 nitrogen and oxygen atoms in total. The highest BCUT2D eigenvalue weighted by Crippen LogP contribution is 2.37. The van der Waals surface area contributed by atoms with Gasteiger partial charge in [0.1, 0.15) is 0 Å². The van der Waals surface area contributed by atoms with Crippen molar-refractivity contribution in [1.29, 1.82) is 0 Å². The lowest BCUT2D eigenvalue weighted by Gasteiger charge is -2.23. The minimum atomic E-state index is -0.513. The summed E-state index contributed by atoms with van der Waals surface area (Å²) in [5.41, 5.74) is 0.671. The van der Waals surface area contributed by atoms with Crippen LogP contribution < -0.4 is 20.1 Å². The van der Waals surface area contributed by atoms with E-state index in [-0.39, 0.29) is 17.4 Å². The van der Waals surface area contributed by atoms with Gasteiger partial charge >= 0.3 is 5.97 Å². The van der Waals surface area contributed by atoms with Gasteiger partial charge in [-0.05, 0) is 31.5 Å². The predicted molar refractivity (Wildman–Crippen MR) is 85.1 cm³/mol. The van der Waals surface area contributed by atoms with Crippen LogP contribution in [-0.4, -0.2) is 46.3 Å². The molecular weight excluding hydrogens is 300 g/mol. The normalized spacial score (nSPS) is 17.3. The van der Waals surface area contributed by atoms with Gasteiger partial charge in [0.15, 0.2) is 11.5 Å². The summed E-state index contributed by atoms with van der Waals surface area (Å²) in [6.07, 6.45) is 1.79. The second-order valence-corrected chi connectivity index (χ2v) is 5.28. The summed E-state index contributed by atoms with van der Waals surface area (Å²) in [6.45, 7) is 1.57. The van der Waals surface area contributed by atoms with Crippen molar-refractivity contribution in [2.45, 2.75) is 12.8 Å². The molecule has 1 saturated heterocycles. The van der Waals surface area contributed by atoms with Crippen molar-refractivity contribution in [3.8, 4) is 11.5 Å². The highest BCUT2D eigenvalue weighted by molar-refractivity contribution is 5.98. The summed E-state index contributed by atoms with van der Waals surface area (Å²) in [5, 5.41) is 6.03. The number of anilines is 1. The zero-order chi connectivity index (χ0) is 16.8. The predicted octanol–water partition coefficient (Wildman–Crippen LogP) is 1.43. The van der Waals surface area contributed by atoms with Crippen LogP contribution in [0.25, 0.3) is 0 Å². The van der Waals surface area contributed by atoms with Crippen molar-refractivity contribution in [3.63, 3.8) is 0 Å². The van der Waals surface area contributed by atoms with E-state index in [1.807, 2.05) is 0 Å². The Hall–Kier alpha value is -2.28. The first-order valence-electron chi connectivity index (χ1n) is 7.46. The van der Waals surface area contributed by atoms with Crippen molar-refractivity contribution < 1.29 is 23.8 Å². The van der Waals surface area contributed by atoms with E-state index in [0.717, 1.165) is 19.4 Å². The second-order valence-electron chi connectivity index (χ2n) is 5.28. The van der Waals surface area contributed by atoms with Gasteiger partial charge in [0.25, 0.3) is 0 Å². The van der Waals surface area contributed by atoms with Crippen molar-refractivity contribution >= 4 is 17.6 Å². The molecule has 1 atom stereocenters. The molecule has 2 N–H and O–H groups in total. The summed E-state index contributed by atoms with van der Waals surface area (Å²) in [7, 11) is 4.24. The van der Waals surface area contributed by atoms with Gasteiger partial charge in [0.2, 0.25) is 5.91 Å². The average molecular weight is 322 g/mol. The Kier molecular flexibility index (Phi) is 5.81. The number of carbonyl (C=O) groups is 2. The molecule has 0 bridgehead atoms. The minimum absolute atomic E-state index is 0.110. The minimum Gasteiger partial charge on any atom is -0.493 e. The molecule has 0 aliphatic carbocycles. The molecule has 1 fully saturated rings. The van der Waals surface area contributed by atoms with E-state index in [2.05, 4.69) is 10.6 Å². The quantitative estimate of drug-likeness (QED) is 0.798. The number of rotatable bonds is 5. The molecule has 7 heteroatoms. The molecule has 1 heterocycles. The SMILES string of the molecule is COC(=O)c1cc(NC(=O)C2CCCNC2)c(OC)c(OC)c1. The first-order valence-corrected chi connectivity index (χ1v) is 7.46. The van der Waals surface area contributed by atoms with Crippen LogP contribution in [0.1, 0.15) is 23.2 Å². The Morgan fingerprint density at radius 1 is 1.22 bits per heavy atom. The molecule has 0 aromatic heterocycles. The molecular formula is C16H22N2O5. The number of hydrogen-bond acceptors (Lipinski definition) is 6. The maximum absolute atomic E-state index is 12.4. The maximum atomic E-state index is 12.4. The number of benzene rings is 1. The lowest BCUT2D eigenvalue weighted by Crippen LogP contribution is -2.37. The van der Waals surface area contributed by atoms with Gasteiger partial charge in [-0.1, -0.05) is 0 Å². The third-order valence-corrected chi connectivity index (χ3v) is 3.83. The monoisotopic (exact) mass is 322 g/mol. The van der Waals surface area contributed by atoms with Gasteiger partial charge in [0.05, 0.1) is 38.5 Å². The van der Waals surface area contributed by atoms with E-state index in [9.17, 15) is 9.59 Å². The molecule has 1 unspecified atom stereocenters. The van der Waals surface area contributed by atoms with Gasteiger partial charge in [0, 0.05) is 6.54 Å². The third kappa shape index (κ3) is 3.92. The number of hydrogen-bond donors (Lipinski definition) is 2. The van der Waals surface area contributed by atoms with E-state index >= 15 is 0 Å². The van der Waals surface area contributed by atoms with Gasteiger partial charge in [-0.2, -0.15) is 0 Å². The molecule has 0 radical (unpaired) electrons. The Labute approximate surface area is 135 Å². The highest BCUT2D eigenvalue weighted by atomic mass is 16.5. The summed E-state index contributed by atoms with van der Waals surface area (Å²) in [6, 6.07) is 3.05. The third-order valence-electron chi connectivity index (χ3n) is 3.83. The smallest absolute Gasteiger partial charge is 0.338 e. The summed E-state index contributed by atoms with van der Waals surface area (Å²) in [5.74, 6) is -0.00803. The van der Waals surface area contributed by atoms with E-state index in [1.165, 1.54) is 33.5 Å². The molecule has 1 aliphatic rings. The Morgan fingerprint density at radius 3 is 2.57 bits per heavy atom. The van der Waals surface area contributed by atoms with Crippen molar-refractivity contribution in [1.82, 2.24) is 5.32 Å². The van der Waals surface area contributed by atoms with Gasteiger partial charge < -0.3 is 24.8 Å². The fourth-order valence-electron chi connectivity index (χ4n) is 2.60.